The Hall–Kier alpha value is -1.44. The monoisotopic (exact) mass is 190 g/mol. The molecule has 0 aromatic heterocycles. The van der Waals surface area contributed by atoms with Crippen LogP contribution in [0.4, 0.5) is 5.69 Å². The van der Waals surface area contributed by atoms with E-state index < -0.39 is 0 Å². The van der Waals surface area contributed by atoms with Gasteiger partial charge in [-0.3, -0.25) is 0 Å². The summed E-state index contributed by atoms with van der Waals surface area (Å²) in [5.41, 5.74) is 1.23. The third kappa shape index (κ3) is 2.28. The van der Waals surface area contributed by atoms with Gasteiger partial charge < -0.3 is 10.2 Å². The molecular formula is C12H18N2. The van der Waals surface area contributed by atoms with Crippen molar-refractivity contribution in [2.45, 2.75) is 26.9 Å². The van der Waals surface area contributed by atoms with Crippen molar-refractivity contribution in [3.63, 3.8) is 0 Å². The first-order valence-corrected chi connectivity index (χ1v) is 5.14. The second kappa shape index (κ2) is 5.32. The Morgan fingerprint density at radius 1 is 1.14 bits per heavy atom. The molecule has 1 heterocycles. The fourth-order valence-electron chi connectivity index (χ4n) is 1.38. The molecule has 2 heteroatoms. The number of hydrogen-bond acceptors (Lipinski definition) is 2. The first-order chi connectivity index (χ1) is 6.88. The molecule has 0 saturated carbocycles. The molecule has 2 nitrogen and oxygen atoms in total. The van der Waals surface area contributed by atoms with Gasteiger partial charge >= 0.3 is 0 Å². The minimum atomic E-state index is 0.368. The first kappa shape index (κ1) is 10.6. The Morgan fingerprint density at radius 3 is 2.29 bits per heavy atom. The predicted octanol–water partition coefficient (Wildman–Crippen LogP) is 2.94. The standard InChI is InChI=1S/C10H12N2.C2H6/c1-9-11-7-8-12(9)10-5-3-2-4-6-10;1-2/h2-9,11H,1H3;1-2H3. The number of anilines is 1. The van der Waals surface area contributed by atoms with Crippen LogP contribution in [0.15, 0.2) is 42.7 Å². The maximum atomic E-state index is 3.21. The van der Waals surface area contributed by atoms with Crippen LogP contribution in [-0.2, 0) is 0 Å². The molecule has 0 aliphatic carbocycles. The summed E-state index contributed by atoms with van der Waals surface area (Å²) in [4.78, 5) is 2.19. The second-order valence-corrected chi connectivity index (χ2v) is 2.90. The summed E-state index contributed by atoms with van der Waals surface area (Å²) in [6, 6.07) is 10.3. The maximum Gasteiger partial charge on any atom is 0.1000 e. The summed E-state index contributed by atoms with van der Waals surface area (Å²) in [6.45, 7) is 6.13. The van der Waals surface area contributed by atoms with Gasteiger partial charge in [0, 0.05) is 18.1 Å². The van der Waals surface area contributed by atoms with E-state index in [2.05, 4.69) is 35.5 Å². The average Bonchev–Trinajstić information content (AvgIpc) is 2.69. The van der Waals surface area contributed by atoms with Crippen LogP contribution in [0, 0.1) is 0 Å². The summed E-state index contributed by atoms with van der Waals surface area (Å²) >= 11 is 0. The number of nitrogens with zero attached hydrogens (tertiary/aromatic N) is 1. The van der Waals surface area contributed by atoms with Gasteiger partial charge in [0.15, 0.2) is 0 Å². The van der Waals surface area contributed by atoms with E-state index in [1.165, 1.54) is 5.69 Å². The van der Waals surface area contributed by atoms with Crippen molar-refractivity contribution >= 4 is 5.69 Å². The lowest BCUT2D eigenvalue weighted by molar-refractivity contribution is 0.684. The summed E-state index contributed by atoms with van der Waals surface area (Å²) < 4.78 is 0. The molecule has 0 saturated heterocycles. The van der Waals surface area contributed by atoms with Crippen LogP contribution in [-0.4, -0.2) is 6.17 Å². The fraction of sp³-hybridized carbons (Fsp3) is 0.333. The lowest BCUT2D eigenvalue weighted by Gasteiger charge is -2.21. The predicted molar refractivity (Wildman–Crippen MR) is 62.0 cm³/mol. The van der Waals surface area contributed by atoms with Crippen LogP contribution < -0.4 is 10.2 Å². The van der Waals surface area contributed by atoms with Crippen molar-refractivity contribution in [2.24, 2.45) is 0 Å². The molecule has 14 heavy (non-hydrogen) atoms. The first-order valence-electron chi connectivity index (χ1n) is 5.14. The number of hydrogen-bond donors (Lipinski definition) is 1. The van der Waals surface area contributed by atoms with E-state index in [1.54, 1.807) is 0 Å². The van der Waals surface area contributed by atoms with Crippen LogP contribution in [0.1, 0.15) is 20.8 Å². The minimum Gasteiger partial charge on any atom is -0.370 e. The SMILES string of the molecule is CC.CC1NC=CN1c1ccccc1. The molecule has 0 radical (unpaired) electrons. The van der Waals surface area contributed by atoms with Crippen molar-refractivity contribution in [3.8, 4) is 0 Å². The third-order valence-electron chi connectivity index (χ3n) is 2.04. The van der Waals surface area contributed by atoms with E-state index in [0.29, 0.717) is 6.17 Å². The Bertz CT molecular complexity index is 280. The van der Waals surface area contributed by atoms with E-state index in [9.17, 15) is 0 Å². The number of rotatable bonds is 1. The van der Waals surface area contributed by atoms with Gasteiger partial charge in [0.05, 0.1) is 6.17 Å². The van der Waals surface area contributed by atoms with Crippen LogP contribution in [0.2, 0.25) is 0 Å². The van der Waals surface area contributed by atoms with Crippen LogP contribution in [0.5, 0.6) is 0 Å². The summed E-state index contributed by atoms with van der Waals surface area (Å²) in [6.07, 6.45) is 4.39. The molecule has 1 N–H and O–H groups in total. The smallest absolute Gasteiger partial charge is 0.1000 e. The molecule has 0 spiro atoms. The summed E-state index contributed by atoms with van der Waals surface area (Å²) in [5.74, 6) is 0. The zero-order chi connectivity index (χ0) is 10.4. The van der Waals surface area contributed by atoms with Gasteiger partial charge in [-0.15, -0.1) is 0 Å². The zero-order valence-electron chi connectivity index (χ0n) is 9.07. The van der Waals surface area contributed by atoms with E-state index >= 15 is 0 Å². The molecular weight excluding hydrogens is 172 g/mol. The molecule has 0 bridgehead atoms. The van der Waals surface area contributed by atoms with Gasteiger partial charge in [-0.05, 0) is 19.1 Å². The minimum absolute atomic E-state index is 0.368. The van der Waals surface area contributed by atoms with Crippen LogP contribution in [0.25, 0.3) is 0 Å². The number of nitrogens with one attached hydrogen (secondary N) is 1. The highest BCUT2D eigenvalue weighted by Gasteiger charge is 2.13. The normalized spacial score (nSPS) is 18.5. The molecule has 1 aromatic carbocycles. The van der Waals surface area contributed by atoms with Crippen LogP contribution in [0.3, 0.4) is 0 Å². The highest BCUT2D eigenvalue weighted by molar-refractivity contribution is 5.50. The van der Waals surface area contributed by atoms with Gasteiger partial charge in [0.25, 0.3) is 0 Å². The van der Waals surface area contributed by atoms with Gasteiger partial charge in [-0.2, -0.15) is 0 Å². The highest BCUT2D eigenvalue weighted by atomic mass is 15.3. The fourth-order valence-corrected chi connectivity index (χ4v) is 1.38. The highest BCUT2D eigenvalue weighted by Crippen LogP contribution is 2.17. The van der Waals surface area contributed by atoms with Crippen molar-refractivity contribution in [3.05, 3.63) is 42.7 Å². The summed E-state index contributed by atoms with van der Waals surface area (Å²) in [5, 5.41) is 3.21. The molecule has 1 aromatic rings. The van der Waals surface area contributed by atoms with Crippen molar-refractivity contribution in [1.29, 1.82) is 0 Å². The van der Waals surface area contributed by atoms with Crippen LogP contribution >= 0.6 is 0 Å². The molecule has 0 amide bonds. The Kier molecular flexibility index (Phi) is 4.05. The summed E-state index contributed by atoms with van der Waals surface area (Å²) in [7, 11) is 0. The van der Waals surface area contributed by atoms with Gasteiger partial charge in [0.1, 0.15) is 0 Å². The van der Waals surface area contributed by atoms with Crippen molar-refractivity contribution in [1.82, 2.24) is 5.32 Å². The Labute approximate surface area is 86.2 Å². The average molecular weight is 190 g/mol. The zero-order valence-corrected chi connectivity index (χ0v) is 9.07. The lowest BCUT2D eigenvalue weighted by Crippen LogP contribution is -2.31. The largest absolute Gasteiger partial charge is 0.370 e. The van der Waals surface area contributed by atoms with E-state index in [-0.39, 0.29) is 0 Å². The third-order valence-corrected chi connectivity index (χ3v) is 2.04. The van der Waals surface area contributed by atoms with E-state index in [4.69, 9.17) is 0 Å². The Balaban J connectivity index is 0.000000461. The van der Waals surface area contributed by atoms with Crippen molar-refractivity contribution < 1.29 is 0 Å². The molecule has 76 valence electrons. The Morgan fingerprint density at radius 2 is 1.79 bits per heavy atom. The second-order valence-electron chi connectivity index (χ2n) is 2.90. The van der Waals surface area contributed by atoms with Crippen molar-refractivity contribution in [2.75, 3.05) is 4.90 Å². The van der Waals surface area contributed by atoms with Gasteiger partial charge in [-0.1, -0.05) is 32.0 Å². The van der Waals surface area contributed by atoms with Gasteiger partial charge in [-0.25, -0.2) is 0 Å². The molecule has 1 atom stereocenters. The van der Waals surface area contributed by atoms with E-state index in [1.807, 2.05) is 38.2 Å². The molecule has 1 unspecified atom stereocenters. The quantitative estimate of drug-likeness (QED) is 0.732. The number of benzene rings is 1. The number of para-hydroxylation sites is 1. The van der Waals surface area contributed by atoms with E-state index in [0.717, 1.165) is 0 Å². The lowest BCUT2D eigenvalue weighted by atomic mass is 10.3. The molecule has 2 rings (SSSR count). The molecule has 1 aliphatic rings. The topological polar surface area (TPSA) is 15.3 Å². The molecule has 1 aliphatic heterocycles. The van der Waals surface area contributed by atoms with Gasteiger partial charge in [0.2, 0.25) is 0 Å². The molecule has 0 fully saturated rings. The maximum absolute atomic E-state index is 3.21.